The minimum Gasteiger partial charge on any atom is -0.464 e. The number of nitrogen functional groups attached to an aromatic ring is 1. The Morgan fingerprint density at radius 2 is 1.84 bits per heavy atom. The van der Waals surface area contributed by atoms with Crippen LogP contribution in [0.5, 0.6) is 0 Å². The quantitative estimate of drug-likeness (QED) is 0.862. The molecule has 7 heteroatoms. The first-order valence-electron chi connectivity index (χ1n) is 5.20. The highest BCUT2D eigenvalue weighted by Crippen LogP contribution is 2.25. The summed E-state index contributed by atoms with van der Waals surface area (Å²) >= 11 is 11.7. The van der Waals surface area contributed by atoms with E-state index in [-0.39, 0.29) is 22.4 Å². The Kier molecular flexibility index (Phi) is 3.87. The van der Waals surface area contributed by atoms with E-state index in [4.69, 9.17) is 28.9 Å². The van der Waals surface area contributed by atoms with E-state index in [1.807, 2.05) is 0 Å². The number of anilines is 1. The summed E-state index contributed by atoms with van der Waals surface area (Å²) in [6, 6.07) is 6.80. The van der Waals surface area contributed by atoms with Crippen LogP contribution in [0.4, 0.5) is 5.82 Å². The van der Waals surface area contributed by atoms with Crippen LogP contribution in [0.2, 0.25) is 10.0 Å². The SMILES string of the molecule is COC(=O)c1nc(-c2ccc(Cl)cc2)nc(N)c1Cl. The molecule has 0 aliphatic carbocycles. The lowest BCUT2D eigenvalue weighted by atomic mass is 10.2. The maximum absolute atomic E-state index is 11.6. The summed E-state index contributed by atoms with van der Waals surface area (Å²) in [7, 11) is 1.24. The average Bonchev–Trinajstić information content (AvgIpc) is 2.41. The van der Waals surface area contributed by atoms with E-state index in [9.17, 15) is 4.79 Å². The molecule has 0 unspecified atom stereocenters. The van der Waals surface area contributed by atoms with Gasteiger partial charge in [-0.3, -0.25) is 0 Å². The summed E-state index contributed by atoms with van der Waals surface area (Å²) in [6.45, 7) is 0. The highest BCUT2D eigenvalue weighted by Gasteiger charge is 2.18. The van der Waals surface area contributed by atoms with Crippen LogP contribution in [0, 0.1) is 0 Å². The molecule has 1 heterocycles. The van der Waals surface area contributed by atoms with Crippen LogP contribution in [0.3, 0.4) is 0 Å². The fourth-order valence-corrected chi connectivity index (χ4v) is 1.71. The molecule has 0 bridgehead atoms. The van der Waals surface area contributed by atoms with Gasteiger partial charge in [0, 0.05) is 10.6 Å². The van der Waals surface area contributed by atoms with Gasteiger partial charge in [-0.05, 0) is 24.3 Å². The maximum atomic E-state index is 11.6. The lowest BCUT2D eigenvalue weighted by molar-refractivity contribution is 0.0594. The first kappa shape index (κ1) is 13.6. The second-order valence-corrected chi connectivity index (χ2v) is 4.41. The highest BCUT2D eigenvalue weighted by molar-refractivity contribution is 6.35. The fourth-order valence-electron chi connectivity index (χ4n) is 1.42. The van der Waals surface area contributed by atoms with Gasteiger partial charge < -0.3 is 10.5 Å². The van der Waals surface area contributed by atoms with Crippen LogP contribution in [-0.2, 0) is 4.74 Å². The van der Waals surface area contributed by atoms with Crippen molar-refractivity contribution >= 4 is 35.0 Å². The van der Waals surface area contributed by atoms with Crippen LogP contribution in [-0.4, -0.2) is 23.0 Å². The lowest BCUT2D eigenvalue weighted by Gasteiger charge is -2.07. The van der Waals surface area contributed by atoms with Crippen LogP contribution in [0.15, 0.2) is 24.3 Å². The van der Waals surface area contributed by atoms with Crippen LogP contribution in [0.1, 0.15) is 10.5 Å². The molecule has 0 fully saturated rings. The van der Waals surface area contributed by atoms with E-state index in [1.54, 1.807) is 24.3 Å². The number of nitrogens with two attached hydrogens (primary N) is 1. The summed E-state index contributed by atoms with van der Waals surface area (Å²) in [5.41, 5.74) is 6.26. The number of hydrogen-bond acceptors (Lipinski definition) is 5. The van der Waals surface area contributed by atoms with E-state index >= 15 is 0 Å². The topological polar surface area (TPSA) is 78.1 Å². The number of esters is 1. The molecule has 0 aliphatic rings. The first-order chi connectivity index (χ1) is 9.02. The standard InChI is InChI=1S/C12H9Cl2N3O2/c1-19-12(18)9-8(14)10(15)17-11(16-9)6-2-4-7(13)5-3-6/h2-5H,1H3,(H2,15,16,17). The third-order valence-electron chi connectivity index (χ3n) is 2.36. The zero-order valence-electron chi connectivity index (χ0n) is 9.85. The molecule has 98 valence electrons. The molecule has 0 spiro atoms. The molecule has 5 nitrogen and oxygen atoms in total. The van der Waals surface area contributed by atoms with Gasteiger partial charge in [0.1, 0.15) is 10.8 Å². The second-order valence-electron chi connectivity index (χ2n) is 3.59. The molecule has 0 saturated heterocycles. The molecule has 19 heavy (non-hydrogen) atoms. The van der Waals surface area contributed by atoms with E-state index in [0.717, 1.165) is 0 Å². The Balaban J connectivity index is 2.56. The Bertz CT molecular complexity index is 630. The van der Waals surface area contributed by atoms with Gasteiger partial charge in [0.2, 0.25) is 0 Å². The van der Waals surface area contributed by atoms with Crippen LogP contribution < -0.4 is 5.73 Å². The van der Waals surface area contributed by atoms with Crippen LogP contribution in [0.25, 0.3) is 11.4 Å². The normalized spacial score (nSPS) is 10.3. The van der Waals surface area contributed by atoms with Gasteiger partial charge in [-0.25, -0.2) is 14.8 Å². The Morgan fingerprint density at radius 3 is 2.42 bits per heavy atom. The smallest absolute Gasteiger partial charge is 0.358 e. The third-order valence-corrected chi connectivity index (χ3v) is 2.98. The number of halogens is 2. The lowest BCUT2D eigenvalue weighted by Crippen LogP contribution is -2.09. The molecule has 2 rings (SSSR count). The zero-order chi connectivity index (χ0) is 14.0. The summed E-state index contributed by atoms with van der Waals surface area (Å²) in [5, 5.41) is 0.559. The molecule has 1 aromatic heterocycles. The molecular weight excluding hydrogens is 289 g/mol. The molecular formula is C12H9Cl2N3O2. The predicted molar refractivity (Wildman–Crippen MR) is 73.2 cm³/mol. The summed E-state index contributed by atoms with van der Waals surface area (Å²) in [6.07, 6.45) is 0. The fraction of sp³-hybridized carbons (Fsp3) is 0.0833. The van der Waals surface area contributed by atoms with Gasteiger partial charge in [-0.15, -0.1) is 0 Å². The minimum atomic E-state index is -0.672. The van der Waals surface area contributed by atoms with Crippen molar-refractivity contribution in [3.63, 3.8) is 0 Å². The van der Waals surface area contributed by atoms with E-state index in [0.29, 0.717) is 10.6 Å². The number of carbonyl (C=O) groups excluding carboxylic acids is 1. The molecule has 2 aromatic rings. The first-order valence-corrected chi connectivity index (χ1v) is 5.95. The molecule has 2 N–H and O–H groups in total. The van der Waals surface area contributed by atoms with Gasteiger partial charge in [0.15, 0.2) is 11.5 Å². The molecule has 0 amide bonds. The monoisotopic (exact) mass is 297 g/mol. The third kappa shape index (κ3) is 2.77. The number of nitrogens with zero attached hydrogens (tertiary/aromatic N) is 2. The average molecular weight is 298 g/mol. The summed E-state index contributed by atoms with van der Waals surface area (Å²) in [4.78, 5) is 19.6. The number of aromatic nitrogens is 2. The van der Waals surface area contributed by atoms with Gasteiger partial charge in [0.05, 0.1) is 7.11 Å². The molecule has 0 atom stereocenters. The Labute approximate surface area is 119 Å². The van der Waals surface area contributed by atoms with Crippen molar-refractivity contribution in [3.8, 4) is 11.4 Å². The molecule has 0 radical (unpaired) electrons. The van der Waals surface area contributed by atoms with E-state index in [2.05, 4.69) is 14.7 Å². The largest absolute Gasteiger partial charge is 0.464 e. The van der Waals surface area contributed by atoms with Gasteiger partial charge in [-0.2, -0.15) is 0 Å². The molecule has 1 aromatic carbocycles. The van der Waals surface area contributed by atoms with Gasteiger partial charge in [-0.1, -0.05) is 23.2 Å². The minimum absolute atomic E-state index is 0.0158. The second kappa shape index (κ2) is 5.42. The number of benzene rings is 1. The summed E-state index contributed by atoms with van der Waals surface area (Å²) in [5.74, 6) is -0.379. The van der Waals surface area contributed by atoms with E-state index < -0.39 is 5.97 Å². The van der Waals surface area contributed by atoms with Crippen molar-refractivity contribution in [3.05, 3.63) is 40.0 Å². The number of carbonyl (C=O) groups is 1. The molecule has 0 aliphatic heterocycles. The Morgan fingerprint density at radius 1 is 1.21 bits per heavy atom. The maximum Gasteiger partial charge on any atom is 0.358 e. The van der Waals surface area contributed by atoms with Crippen molar-refractivity contribution < 1.29 is 9.53 Å². The molecule has 0 saturated carbocycles. The van der Waals surface area contributed by atoms with Crippen molar-refractivity contribution in [1.29, 1.82) is 0 Å². The van der Waals surface area contributed by atoms with Gasteiger partial charge >= 0.3 is 5.97 Å². The van der Waals surface area contributed by atoms with E-state index in [1.165, 1.54) is 7.11 Å². The highest BCUT2D eigenvalue weighted by atomic mass is 35.5. The number of rotatable bonds is 2. The van der Waals surface area contributed by atoms with Crippen LogP contribution >= 0.6 is 23.2 Å². The number of ether oxygens (including phenoxy) is 1. The van der Waals surface area contributed by atoms with Crippen molar-refractivity contribution in [2.75, 3.05) is 12.8 Å². The number of methoxy groups -OCH3 is 1. The van der Waals surface area contributed by atoms with Crippen molar-refractivity contribution in [2.24, 2.45) is 0 Å². The zero-order valence-corrected chi connectivity index (χ0v) is 11.4. The number of hydrogen-bond donors (Lipinski definition) is 1. The van der Waals surface area contributed by atoms with Crippen molar-refractivity contribution in [2.45, 2.75) is 0 Å². The Hall–Kier alpha value is -1.85. The van der Waals surface area contributed by atoms with Gasteiger partial charge in [0.25, 0.3) is 0 Å². The predicted octanol–water partition coefficient (Wildman–Crippen LogP) is 2.82. The summed E-state index contributed by atoms with van der Waals surface area (Å²) < 4.78 is 4.59. The van der Waals surface area contributed by atoms with Crippen molar-refractivity contribution in [1.82, 2.24) is 9.97 Å².